The number of piperidine rings is 1. The van der Waals surface area contributed by atoms with E-state index in [2.05, 4.69) is 17.6 Å². The van der Waals surface area contributed by atoms with Gasteiger partial charge in [-0.1, -0.05) is 33.8 Å². The van der Waals surface area contributed by atoms with Crippen LogP contribution in [-0.4, -0.2) is 59.6 Å². The molecule has 0 radical (unpaired) electrons. The summed E-state index contributed by atoms with van der Waals surface area (Å²) in [6.45, 7) is 12.2. The lowest BCUT2D eigenvalue weighted by molar-refractivity contribution is 0.0608. The number of nitrogens with one attached hydrogen (secondary N) is 2. The Morgan fingerprint density at radius 1 is 1.03 bits per heavy atom. The molecule has 1 heterocycles. The maximum Gasteiger partial charge on any atom is 0.253 e. The molecule has 0 bridgehead atoms. The summed E-state index contributed by atoms with van der Waals surface area (Å²) in [6, 6.07) is 9.34. The van der Waals surface area contributed by atoms with E-state index in [1.165, 1.54) is 12.1 Å². The highest BCUT2D eigenvalue weighted by atomic mass is 19.1. The van der Waals surface area contributed by atoms with Gasteiger partial charge in [-0.2, -0.15) is 0 Å². The summed E-state index contributed by atoms with van der Waals surface area (Å²) in [5, 5.41) is 17.9. The summed E-state index contributed by atoms with van der Waals surface area (Å²) in [6.07, 6.45) is 3.64. The largest absolute Gasteiger partial charge is 0.389 e. The lowest BCUT2D eigenvalue weighted by Gasteiger charge is -2.35. The third-order valence-electron chi connectivity index (χ3n) is 7.58. The molecule has 4 atom stereocenters. The second-order valence-corrected chi connectivity index (χ2v) is 11.2. The van der Waals surface area contributed by atoms with Gasteiger partial charge < -0.3 is 20.6 Å². The fraction of sp³-hybridized carbons (Fsp3) is 0.562. The third-order valence-corrected chi connectivity index (χ3v) is 7.58. The lowest BCUT2D eigenvalue weighted by Crippen LogP contribution is -2.56. The number of aliphatic hydroxyl groups excluding tert-OH is 1. The van der Waals surface area contributed by atoms with E-state index in [0.717, 1.165) is 48.9 Å². The van der Waals surface area contributed by atoms with Crippen LogP contribution in [-0.2, 0) is 12.8 Å². The predicted molar refractivity (Wildman–Crippen MR) is 155 cm³/mol. The fourth-order valence-electron chi connectivity index (χ4n) is 5.47. The summed E-state index contributed by atoms with van der Waals surface area (Å²) in [5.74, 6) is -0.231. The number of aryl methyl sites for hydroxylation is 2. The molecule has 39 heavy (non-hydrogen) atoms. The van der Waals surface area contributed by atoms with Gasteiger partial charge in [0.2, 0.25) is 0 Å². The Balaban J connectivity index is 1.88. The molecule has 3 rings (SSSR count). The Bertz CT molecular complexity index is 1110. The SMILES string of the molecule is CCCN(CCC)C(=O)c1cc(C)cc(C(=O)N[C@@H](Cc2cc(F)cc(CC)c2)[C@H](O)C2CCC(C)CN2)c1. The molecule has 0 aromatic heterocycles. The van der Waals surface area contributed by atoms with Crippen LogP contribution < -0.4 is 10.6 Å². The topological polar surface area (TPSA) is 81.7 Å². The van der Waals surface area contributed by atoms with Gasteiger partial charge >= 0.3 is 0 Å². The first-order valence-electron chi connectivity index (χ1n) is 14.6. The number of halogens is 1. The molecule has 1 aliphatic rings. The van der Waals surface area contributed by atoms with Gasteiger partial charge in [0, 0.05) is 30.3 Å². The zero-order chi connectivity index (χ0) is 28.5. The van der Waals surface area contributed by atoms with Crippen LogP contribution in [0.25, 0.3) is 0 Å². The molecule has 1 aliphatic heterocycles. The normalized spacial score (nSPS) is 18.8. The molecule has 0 aliphatic carbocycles. The van der Waals surface area contributed by atoms with E-state index >= 15 is 0 Å². The van der Waals surface area contributed by atoms with Gasteiger partial charge in [0.05, 0.1) is 12.1 Å². The summed E-state index contributed by atoms with van der Waals surface area (Å²) in [4.78, 5) is 28.7. The van der Waals surface area contributed by atoms with Crippen LogP contribution in [0.1, 0.15) is 90.8 Å². The Morgan fingerprint density at radius 3 is 2.31 bits per heavy atom. The maximum atomic E-state index is 14.3. The molecule has 1 saturated heterocycles. The van der Waals surface area contributed by atoms with E-state index in [-0.39, 0.29) is 23.7 Å². The number of amides is 2. The first kappa shape index (κ1) is 30.8. The van der Waals surface area contributed by atoms with E-state index in [1.54, 1.807) is 12.1 Å². The third kappa shape index (κ3) is 8.61. The molecule has 0 saturated carbocycles. The number of hydrogen-bond acceptors (Lipinski definition) is 4. The lowest BCUT2D eigenvalue weighted by atomic mass is 9.88. The molecule has 3 N–H and O–H groups in total. The summed E-state index contributed by atoms with van der Waals surface area (Å²) < 4.78 is 14.3. The second-order valence-electron chi connectivity index (χ2n) is 11.2. The standard InChI is InChI=1S/C32H46FN3O3/c1-6-11-36(12-7-2)32(39)26-14-22(5)13-25(19-26)31(38)35-29(30(37)28-10-9-21(4)20-34-28)18-24-15-23(8-3)16-27(33)17-24/h13-17,19,21,28-30,34,37H,6-12,18,20H2,1-5H3,(H,35,38)/t21?,28?,29-,30+/m0/s1. The van der Waals surface area contributed by atoms with Crippen molar-refractivity contribution in [3.63, 3.8) is 0 Å². The monoisotopic (exact) mass is 539 g/mol. The van der Waals surface area contributed by atoms with Gasteiger partial charge in [-0.3, -0.25) is 9.59 Å². The summed E-state index contributed by atoms with van der Waals surface area (Å²) >= 11 is 0. The van der Waals surface area contributed by atoms with Crippen LogP contribution in [0, 0.1) is 18.7 Å². The average molecular weight is 540 g/mol. The number of rotatable bonds is 12. The van der Waals surface area contributed by atoms with E-state index in [4.69, 9.17) is 0 Å². The first-order valence-corrected chi connectivity index (χ1v) is 14.6. The fourth-order valence-corrected chi connectivity index (χ4v) is 5.47. The minimum absolute atomic E-state index is 0.0829. The smallest absolute Gasteiger partial charge is 0.253 e. The summed E-state index contributed by atoms with van der Waals surface area (Å²) in [7, 11) is 0. The van der Waals surface area contributed by atoms with Gasteiger partial charge in [-0.05, 0) is 105 Å². The molecule has 2 aromatic rings. The molecule has 2 amide bonds. The van der Waals surface area contributed by atoms with Gasteiger partial charge in [-0.15, -0.1) is 0 Å². The minimum Gasteiger partial charge on any atom is -0.389 e. The number of benzene rings is 2. The summed E-state index contributed by atoms with van der Waals surface area (Å²) in [5.41, 5.74) is 3.29. The quantitative estimate of drug-likeness (QED) is 0.353. The highest BCUT2D eigenvalue weighted by Crippen LogP contribution is 2.21. The van der Waals surface area contributed by atoms with Crippen molar-refractivity contribution in [2.75, 3.05) is 19.6 Å². The van der Waals surface area contributed by atoms with Crippen LogP contribution in [0.4, 0.5) is 4.39 Å². The predicted octanol–water partition coefficient (Wildman–Crippen LogP) is 5.05. The molecule has 214 valence electrons. The van der Waals surface area contributed by atoms with Gasteiger partial charge in [-0.25, -0.2) is 4.39 Å². The maximum absolute atomic E-state index is 14.3. The first-order chi connectivity index (χ1) is 18.6. The van der Waals surface area contributed by atoms with E-state index in [9.17, 15) is 19.1 Å². The second kappa shape index (κ2) is 14.6. The van der Waals surface area contributed by atoms with Crippen molar-refractivity contribution in [2.24, 2.45) is 5.92 Å². The average Bonchev–Trinajstić information content (AvgIpc) is 2.91. The van der Waals surface area contributed by atoms with Crippen LogP contribution in [0.15, 0.2) is 36.4 Å². The van der Waals surface area contributed by atoms with Crippen molar-refractivity contribution in [3.05, 3.63) is 70.0 Å². The molecular weight excluding hydrogens is 493 g/mol. The van der Waals surface area contributed by atoms with Gasteiger partial charge in [0.1, 0.15) is 5.82 Å². The van der Waals surface area contributed by atoms with E-state index < -0.39 is 12.1 Å². The Hall–Kier alpha value is -2.77. The molecule has 0 spiro atoms. The molecule has 6 nitrogen and oxygen atoms in total. The number of hydrogen-bond donors (Lipinski definition) is 3. The highest BCUT2D eigenvalue weighted by Gasteiger charge is 2.32. The molecule has 2 aromatic carbocycles. The number of nitrogens with zero attached hydrogens (tertiary/aromatic N) is 1. The Labute approximate surface area is 233 Å². The number of carbonyl (C=O) groups excluding carboxylic acids is 2. The van der Waals surface area contributed by atoms with Crippen molar-refractivity contribution in [3.8, 4) is 0 Å². The Morgan fingerprint density at radius 2 is 1.69 bits per heavy atom. The van der Waals surface area contributed by atoms with Crippen molar-refractivity contribution in [1.29, 1.82) is 0 Å². The van der Waals surface area contributed by atoms with E-state index in [0.29, 0.717) is 43.0 Å². The van der Waals surface area contributed by atoms with Gasteiger partial charge in [0.25, 0.3) is 11.8 Å². The van der Waals surface area contributed by atoms with Crippen LogP contribution in [0.3, 0.4) is 0 Å². The van der Waals surface area contributed by atoms with Crippen molar-refractivity contribution < 1.29 is 19.1 Å². The molecular formula is C32H46FN3O3. The number of carbonyl (C=O) groups is 2. The van der Waals surface area contributed by atoms with Crippen LogP contribution >= 0.6 is 0 Å². The number of aliphatic hydroxyl groups is 1. The molecule has 1 fully saturated rings. The Kier molecular flexibility index (Phi) is 11.5. The van der Waals surface area contributed by atoms with Crippen molar-refractivity contribution >= 4 is 11.8 Å². The van der Waals surface area contributed by atoms with Gasteiger partial charge in [0.15, 0.2) is 0 Å². The van der Waals surface area contributed by atoms with Crippen molar-refractivity contribution in [2.45, 2.75) is 91.3 Å². The molecule has 7 heteroatoms. The van der Waals surface area contributed by atoms with Crippen LogP contribution in [0.2, 0.25) is 0 Å². The minimum atomic E-state index is -0.856. The zero-order valence-electron chi connectivity index (χ0n) is 24.2. The molecule has 2 unspecified atom stereocenters. The highest BCUT2D eigenvalue weighted by molar-refractivity contribution is 6.00. The van der Waals surface area contributed by atoms with Crippen molar-refractivity contribution in [1.82, 2.24) is 15.5 Å². The van der Waals surface area contributed by atoms with Crippen LogP contribution in [0.5, 0.6) is 0 Å². The van der Waals surface area contributed by atoms with E-state index in [1.807, 2.05) is 44.7 Å². The zero-order valence-corrected chi connectivity index (χ0v) is 24.2.